The summed E-state index contributed by atoms with van der Waals surface area (Å²) in [5, 5.41) is 8.50. The maximum absolute atomic E-state index is 13.4. The van der Waals surface area contributed by atoms with Crippen LogP contribution in [0.25, 0.3) is 0 Å². The maximum atomic E-state index is 13.4. The van der Waals surface area contributed by atoms with E-state index in [0.29, 0.717) is 0 Å². The molecule has 0 N–H and O–H groups in total. The molecule has 78 valence electrons. The van der Waals surface area contributed by atoms with Crippen LogP contribution in [0.2, 0.25) is 0 Å². The lowest BCUT2D eigenvalue weighted by Crippen LogP contribution is -2.14. The van der Waals surface area contributed by atoms with Gasteiger partial charge in [0.15, 0.2) is 5.78 Å². The second-order valence-electron chi connectivity index (χ2n) is 3.27. The highest BCUT2D eigenvalue weighted by Gasteiger charge is 2.23. The van der Waals surface area contributed by atoms with E-state index in [-0.39, 0.29) is 5.56 Å². The fraction of sp³-hybridized carbons (Fsp3) is 0.273. The van der Waals surface area contributed by atoms with Crippen LogP contribution in [0.3, 0.4) is 0 Å². The third-order valence-corrected chi connectivity index (χ3v) is 2.12. The molecule has 2 nitrogen and oxygen atoms in total. The van der Waals surface area contributed by atoms with E-state index in [9.17, 15) is 13.6 Å². The first-order valence-corrected chi connectivity index (χ1v) is 4.37. The van der Waals surface area contributed by atoms with Crippen molar-refractivity contribution in [3.63, 3.8) is 0 Å². The number of rotatable bonds is 2. The number of hydrogen-bond donors (Lipinski definition) is 0. The number of nitriles is 1. The predicted molar refractivity (Wildman–Crippen MR) is 50.2 cm³/mol. The van der Waals surface area contributed by atoms with Gasteiger partial charge >= 0.3 is 0 Å². The van der Waals surface area contributed by atoms with Gasteiger partial charge in [-0.2, -0.15) is 5.26 Å². The Balaban J connectivity index is 3.32. The number of carbonyl (C=O) groups is 1. The standard InChI is InChI=1S/C11H9F2NO/c1-6-3-4-8(12)9(10(6)13)11(15)7(2)5-14/h3-4,7H,1-2H3. The molecule has 1 atom stereocenters. The van der Waals surface area contributed by atoms with Gasteiger partial charge in [0.05, 0.1) is 11.6 Å². The molecule has 1 aromatic rings. The fourth-order valence-electron chi connectivity index (χ4n) is 1.16. The summed E-state index contributed by atoms with van der Waals surface area (Å²) < 4.78 is 26.6. The van der Waals surface area contributed by atoms with E-state index in [1.165, 1.54) is 19.9 Å². The van der Waals surface area contributed by atoms with Crippen LogP contribution in [-0.2, 0) is 0 Å². The lowest BCUT2D eigenvalue weighted by molar-refractivity contribution is 0.0948. The topological polar surface area (TPSA) is 40.9 Å². The first kappa shape index (κ1) is 11.3. The molecule has 0 spiro atoms. The van der Waals surface area contributed by atoms with Crippen LogP contribution >= 0.6 is 0 Å². The van der Waals surface area contributed by atoms with E-state index >= 15 is 0 Å². The number of hydrogen-bond acceptors (Lipinski definition) is 2. The molecule has 0 fully saturated rings. The van der Waals surface area contributed by atoms with Gasteiger partial charge in [-0.3, -0.25) is 4.79 Å². The van der Waals surface area contributed by atoms with E-state index in [1.807, 2.05) is 0 Å². The molecule has 1 aromatic carbocycles. The van der Waals surface area contributed by atoms with Gasteiger partial charge in [-0.25, -0.2) is 8.78 Å². The molecule has 15 heavy (non-hydrogen) atoms. The third-order valence-electron chi connectivity index (χ3n) is 2.12. The van der Waals surface area contributed by atoms with E-state index in [2.05, 4.69) is 0 Å². The van der Waals surface area contributed by atoms with Gasteiger partial charge in [0.25, 0.3) is 0 Å². The van der Waals surface area contributed by atoms with Gasteiger partial charge in [-0.05, 0) is 25.5 Å². The molecule has 0 saturated heterocycles. The number of carbonyl (C=O) groups excluding carboxylic acids is 1. The average molecular weight is 209 g/mol. The van der Waals surface area contributed by atoms with Crippen LogP contribution in [0.15, 0.2) is 12.1 Å². The Labute approximate surface area is 86.1 Å². The zero-order chi connectivity index (χ0) is 11.6. The zero-order valence-electron chi connectivity index (χ0n) is 8.34. The normalized spacial score (nSPS) is 11.9. The molecule has 1 unspecified atom stereocenters. The van der Waals surface area contributed by atoms with Crippen LogP contribution < -0.4 is 0 Å². The molecule has 0 amide bonds. The van der Waals surface area contributed by atoms with Crippen molar-refractivity contribution >= 4 is 5.78 Å². The molecule has 0 bridgehead atoms. The van der Waals surface area contributed by atoms with E-state index in [0.717, 1.165) is 6.07 Å². The van der Waals surface area contributed by atoms with Gasteiger partial charge in [0, 0.05) is 0 Å². The summed E-state index contributed by atoms with van der Waals surface area (Å²) in [6, 6.07) is 3.93. The Bertz CT molecular complexity index is 449. The highest BCUT2D eigenvalue weighted by Crippen LogP contribution is 2.19. The number of ketones is 1. The molecule has 1 rings (SSSR count). The molecule has 0 aliphatic rings. The van der Waals surface area contributed by atoms with Gasteiger partial charge < -0.3 is 0 Å². The molecule has 4 heteroatoms. The SMILES string of the molecule is Cc1ccc(F)c(C(=O)C(C)C#N)c1F. The third kappa shape index (κ3) is 2.01. The van der Waals surface area contributed by atoms with Crippen LogP contribution in [-0.4, -0.2) is 5.78 Å². The Kier molecular flexibility index (Phi) is 3.15. The smallest absolute Gasteiger partial charge is 0.185 e. The Morgan fingerprint density at radius 2 is 2.07 bits per heavy atom. The summed E-state index contributed by atoms with van der Waals surface area (Å²) >= 11 is 0. The van der Waals surface area contributed by atoms with Crippen molar-refractivity contribution in [2.24, 2.45) is 5.92 Å². The molecular weight excluding hydrogens is 200 g/mol. The number of aryl methyl sites for hydroxylation is 1. The second kappa shape index (κ2) is 4.18. The monoisotopic (exact) mass is 209 g/mol. The van der Waals surface area contributed by atoms with E-state index < -0.39 is 28.9 Å². The minimum Gasteiger partial charge on any atom is -0.292 e. The summed E-state index contributed by atoms with van der Waals surface area (Å²) in [7, 11) is 0. The Morgan fingerprint density at radius 1 is 1.47 bits per heavy atom. The predicted octanol–water partition coefficient (Wildman–Crippen LogP) is 2.62. The van der Waals surface area contributed by atoms with E-state index in [4.69, 9.17) is 5.26 Å². The van der Waals surface area contributed by atoms with Crippen LogP contribution in [0.1, 0.15) is 22.8 Å². The van der Waals surface area contributed by atoms with Crippen molar-refractivity contribution in [3.8, 4) is 6.07 Å². The van der Waals surface area contributed by atoms with Crippen LogP contribution in [0.5, 0.6) is 0 Å². The average Bonchev–Trinajstić information content (AvgIpc) is 2.22. The largest absolute Gasteiger partial charge is 0.292 e. The zero-order valence-corrected chi connectivity index (χ0v) is 8.34. The lowest BCUT2D eigenvalue weighted by atomic mass is 9.98. The highest BCUT2D eigenvalue weighted by atomic mass is 19.1. The van der Waals surface area contributed by atoms with Crippen molar-refractivity contribution in [3.05, 3.63) is 34.9 Å². The summed E-state index contributed by atoms with van der Waals surface area (Å²) in [6.07, 6.45) is 0. The summed E-state index contributed by atoms with van der Waals surface area (Å²) in [6.45, 7) is 2.74. The summed E-state index contributed by atoms with van der Waals surface area (Å²) in [4.78, 5) is 11.5. The van der Waals surface area contributed by atoms with Crippen molar-refractivity contribution < 1.29 is 13.6 Å². The van der Waals surface area contributed by atoms with Crippen molar-refractivity contribution in [1.82, 2.24) is 0 Å². The van der Waals surface area contributed by atoms with Crippen LogP contribution in [0, 0.1) is 35.8 Å². The molecule has 0 saturated carbocycles. The van der Waals surface area contributed by atoms with Crippen molar-refractivity contribution in [1.29, 1.82) is 5.26 Å². The Hall–Kier alpha value is -1.76. The first-order valence-electron chi connectivity index (χ1n) is 4.37. The summed E-state index contributed by atoms with van der Waals surface area (Å²) in [5.74, 6) is -3.68. The Morgan fingerprint density at radius 3 is 2.60 bits per heavy atom. The van der Waals surface area contributed by atoms with E-state index in [1.54, 1.807) is 6.07 Å². The number of halogens is 2. The second-order valence-corrected chi connectivity index (χ2v) is 3.27. The lowest BCUT2D eigenvalue weighted by Gasteiger charge is -2.06. The molecule has 0 aromatic heterocycles. The quantitative estimate of drug-likeness (QED) is 0.702. The fourth-order valence-corrected chi connectivity index (χ4v) is 1.16. The number of nitrogens with zero attached hydrogens (tertiary/aromatic N) is 1. The summed E-state index contributed by atoms with van der Waals surface area (Å²) in [5.41, 5.74) is -0.436. The highest BCUT2D eigenvalue weighted by molar-refractivity contribution is 5.99. The number of benzene rings is 1. The van der Waals surface area contributed by atoms with Gasteiger partial charge in [0.2, 0.25) is 0 Å². The van der Waals surface area contributed by atoms with Gasteiger partial charge in [0.1, 0.15) is 17.6 Å². The minimum atomic E-state index is -1.05. The molecule has 0 aliphatic carbocycles. The van der Waals surface area contributed by atoms with Gasteiger partial charge in [-0.1, -0.05) is 6.07 Å². The first-order chi connectivity index (χ1) is 6.99. The molecular formula is C11H9F2NO. The van der Waals surface area contributed by atoms with Crippen LogP contribution in [0.4, 0.5) is 8.78 Å². The van der Waals surface area contributed by atoms with Gasteiger partial charge in [-0.15, -0.1) is 0 Å². The number of Topliss-reactive ketones (excluding diaryl/α,β-unsaturated/α-hetero) is 1. The molecule has 0 heterocycles. The van der Waals surface area contributed by atoms with Crippen molar-refractivity contribution in [2.75, 3.05) is 0 Å². The molecule has 0 aliphatic heterocycles. The minimum absolute atomic E-state index is 0.185. The molecule has 0 radical (unpaired) electrons. The maximum Gasteiger partial charge on any atom is 0.185 e. The van der Waals surface area contributed by atoms with Crippen molar-refractivity contribution in [2.45, 2.75) is 13.8 Å².